The molecule has 4 rings (SSSR count). The van der Waals surface area contributed by atoms with E-state index in [9.17, 15) is 15.2 Å². The van der Waals surface area contributed by atoms with E-state index in [0.717, 1.165) is 46.3 Å². The van der Waals surface area contributed by atoms with Crippen molar-refractivity contribution in [3.63, 3.8) is 0 Å². The third kappa shape index (κ3) is 4.39. The molecule has 0 fully saturated rings. The first-order valence-corrected chi connectivity index (χ1v) is 10.7. The van der Waals surface area contributed by atoms with Crippen molar-refractivity contribution in [1.29, 1.82) is 0 Å². The Balaban J connectivity index is 1.69. The van der Waals surface area contributed by atoms with Crippen molar-refractivity contribution in [3.05, 3.63) is 82.4 Å². The van der Waals surface area contributed by atoms with Gasteiger partial charge in [-0.05, 0) is 42.9 Å². The number of anilines is 2. The van der Waals surface area contributed by atoms with Crippen molar-refractivity contribution in [3.8, 4) is 0 Å². The molecule has 1 atom stereocenters. The number of nitro benzene ring substituents is 1. The minimum absolute atomic E-state index is 0.0118. The van der Waals surface area contributed by atoms with Gasteiger partial charge in [-0.1, -0.05) is 44.2 Å². The number of nitrogens with zero attached hydrogens (tertiary/aromatic N) is 3. The van der Waals surface area contributed by atoms with Gasteiger partial charge in [0.25, 0.3) is 5.69 Å². The Labute approximate surface area is 186 Å². The number of hydrogen-bond acceptors (Lipinski definition) is 6. The fourth-order valence-corrected chi connectivity index (χ4v) is 3.89. The van der Waals surface area contributed by atoms with E-state index in [2.05, 4.69) is 29.0 Å². The number of rotatable bonds is 8. The molecule has 7 nitrogen and oxygen atoms in total. The summed E-state index contributed by atoms with van der Waals surface area (Å²) in [5, 5.41) is 27.0. The Morgan fingerprint density at radius 2 is 1.69 bits per heavy atom. The second-order valence-electron chi connectivity index (χ2n) is 7.71. The van der Waals surface area contributed by atoms with Gasteiger partial charge in [-0.2, -0.15) is 0 Å². The topological polar surface area (TPSA) is 91.5 Å². The Hall–Kier alpha value is -3.55. The maximum atomic E-state index is 11.2. The molecular formula is C25H26N4O3. The monoisotopic (exact) mass is 430 g/mol. The molecule has 0 aliphatic carbocycles. The van der Waals surface area contributed by atoms with Gasteiger partial charge in [-0.25, -0.2) is 4.98 Å². The fraction of sp³-hybridized carbons (Fsp3) is 0.240. The van der Waals surface area contributed by atoms with Crippen LogP contribution >= 0.6 is 0 Å². The summed E-state index contributed by atoms with van der Waals surface area (Å²) < 4.78 is 0. The Morgan fingerprint density at radius 3 is 2.38 bits per heavy atom. The van der Waals surface area contributed by atoms with Crippen LogP contribution in [0.5, 0.6) is 0 Å². The quantitative estimate of drug-likeness (QED) is 0.220. The normalized spacial score (nSPS) is 12.4. The zero-order chi connectivity index (χ0) is 22.7. The molecule has 2 N–H and O–H groups in total. The lowest BCUT2D eigenvalue weighted by Crippen LogP contribution is -2.28. The van der Waals surface area contributed by atoms with Gasteiger partial charge in [0.1, 0.15) is 0 Å². The molecule has 1 heterocycles. The van der Waals surface area contributed by atoms with E-state index in [0.29, 0.717) is 12.1 Å². The number of aliphatic hydroxyl groups is 1. The number of para-hydroxylation sites is 1. The second kappa shape index (κ2) is 9.30. The van der Waals surface area contributed by atoms with E-state index >= 15 is 0 Å². The van der Waals surface area contributed by atoms with Gasteiger partial charge in [-0.15, -0.1) is 0 Å². The lowest BCUT2D eigenvalue weighted by molar-refractivity contribution is -0.384. The molecule has 4 aromatic rings. The summed E-state index contributed by atoms with van der Waals surface area (Å²) in [5.74, 6) is 0. The number of non-ortho nitro benzene ring substituents is 1. The van der Waals surface area contributed by atoms with Crippen molar-refractivity contribution < 1.29 is 10.0 Å². The van der Waals surface area contributed by atoms with E-state index in [-0.39, 0.29) is 5.69 Å². The molecule has 7 heteroatoms. The van der Waals surface area contributed by atoms with Crippen molar-refractivity contribution in [2.75, 3.05) is 25.0 Å². The predicted octanol–water partition coefficient (Wildman–Crippen LogP) is 5.42. The molecule has 164 valence electrons. The Kier molecular flexibility index (Phi) is 6.30. The molecule has 0 saturated carbocycles. The van der Waals surface area contributed by atoms with Gasteiger partial charge in [0.05, 0.1) is 27.7 Å². The summed E-state index contributed by atoms with van der Waals surface area (Å²) in [6, 6.07) is 20.2. The van der Waals surface area contributed by atoms with Gasteiger partial charge in [-0.3, -0.25) is 10.1 Å². The molecule has 1 unspecified atom stereocenters. The van der Waals surface area contributed by atoms with Crippen LogP contribution in [0.25, 0.3) is 21.8 Å². The first-order valence-electron chi connectivity index (χ1n) is 10.7. The van der Waals surface area contributed by atoms with E-state index in [1.165, 1.54) is 12.1 Å². The predicted molar refractivity (Wildman–Crippen MR) is 128 cm³/mol. The van der Waals surface area contributed by atoms with Crippen LogP contribution in [0.3, 0.4) is 0 Å². The average Bonchev–Trinajstić information content (AvgIpc) is 2.82. The number of aromatic nitrogens is 1. The molecule has 32 heavy (non-hydrogen) atoms. The van der Waals surface area contributed by atoms with E-state index in [4.69, 9.17) is 0 Å². The number of likely N-dealkylation sites (N-methyl/N-ethyl adjacent to an activating group) is 1. The number of benzene rings is 3. The number of hydrogen-bond donors (Lipinski definition) is 2. The fourth-order valence-electron chi connectivity index (χ4n) is 3.89. The maximum Gasteiger partial charge on any atom is 0.271 e. The van der Waals surface area contributed by atoms with Gasteiger partial charge in [0.15, 0.2) is 0 Å². The molecule has 0 amide bonds. The van der Waals surface area contributed by atoms with Gasteiger partial charge >= 0.3 is 0 Å². The van der Waals surface area contributed by atoms with E-state index < -0.39 is 11.0 Å². The molecule has 1 aromatic heterocycles. The third-order valence-electron chi connectivity index (χ3n) is 5.77. The summed E-state index contributed by atoms with van der Waals surface area (Å²) in [6.45, 7) is 6.56. The molecule has 0 saturated heterocycles. The van der Waals surface area contributed by atoms with Crippen LogP contribution in [0.4, 0.5) is 17.1 Å². The highest BCUT2D eigenvalue weighted by molar-refractivity contribution is 6.09. The van der Waals surface area contributed by atoms with Crippen LogP contribution in [0.15, 0.2) is 66.7 Å². The Bertz CT molecular complexity index is 1250. The molecular weight excluding hydrogens is 404 g/mol. The molecule has 0 aliphatic rings. The summed E-state index contributed by atoms with van der Waals surface area (Å²) in [5.41, 5.74) is 3.90. The molecule has 0 spiro atoms. The van der Waals surface area contributed by atoms with Crippen LogP contribution in [-0.4, -0.2) is 39.5 Å². The minimum Gasteiger partial charge on any atom is -0.387 e. The highest BCUT2D eigenvalue weighted by atomic mass is 16.6. The van der Waals surface area contributed by atoms with Crippen LogP contribution in [0.2, 0.25) is 0 Å². The smallest absolute Gasteiger partial charge is 0.271 e. The second-order valence-corrected chi connectivity index (χ2v) is 7.71. The standard InChI is InChI=1S/C25H26N4O3/c1-3-28(4-2)16-24(30)17-9-11-18(12-10-17)26-25-20-7-5-6-8-22(20)27-23-15-19(29(31)32)13-14-21(23)25/h5-15,24,30H,3-4,16H2,1-2H3,(H,26,27). The van der Waals surface area contributed by atoms with Crippen LogP contribution in [0.1, 0.15) is 25.5 Å². The first kappa shape index (κ1) is 21.7. The lowest BCUT2D eigenvalue weighted by atomic mass is 10.1. The van der Waals surface area contributed by atoms with Crippen LogP contribution < -0.4 is 5.32 Å². The molecule has 0 bridgehead atoms. The number of nitro groups is 1. The van der Waals surface area contributed by atoms with Crippen molar-refractivity contribution >= 4 is 38.9 Å². The van der Waals surface area contributed by atoms with Gasteiger partial charge in [0.2, 0.25) is 0 Å². The molecule has 0 radical (unpaired) electrons. The van der Waals surface area contributed by atoms with Crippen LogP contribution in [-0.2, 0) is 0 Å². The SMILES string of the molecule is CCN(CC)CC(O)c1ccc(Nc2c3ccccc3nc3cc([N+](=O)[O-])ccc23)cc1. The number of pyridine rings is 1. The highest BCUT2D eigenvalue weighted by Gasteiger charge is 2.15. The van der Waals surface area contributed by atoms with E-state index in [1.807, 2.05) is 48.5 Å². The minimum atomic E-state index is -0.549. The first-order chi connectivity index (χ1) is 15.5. The summed E-state index contributed by atoms with van der Waals surface area (Å²) in [4.78, 5) is 17.6. The Morgan fingerprint density at radius 1 is 1.00 bits per heavy atom. The maximum absolute atomic E-state index is 11.2. The number of fused-ring (bicyclic) bond motifs is 2. The van der Waals surface area contributed by atoms with Gasteiger partial charge in [0, 0.05) is 35.1 Å². The molecule has 3 aromatic carbocycles. The third-order valence-corrected chi connectivity index (χ3v) is 5.77. The summed E-state index contributed by atoms with van der Waals surface area (Å²) >= 11 is 0. The van der Waals surface area contributed by atoms with Crippen LogP contribution in [0, 0.1) is 10.1 Å². The summed E-state index contributed by atoms with van der Waals surface area (Å²) in [6.07, 6.45) is -0.549. The zero-order valence-electron chi connectivity index (χ0n) is 18.2. The lowest BCUT2D eigenvalue weighted by Gasteiger charge is -2.22. The average molecular weight is 431 g/mol. The van der Waals surface area contributed by atoms with Crippen molar-refractivity contribution in [2.45, 2.75) is 20.0 Å². The van der Waals surface area contributed by atoms with E-state index in [1.54, 1.807) is 6.07 Å². The number of aliphatic hydroxyl groups excluding tert-OH is 1. The van der Waals surface area contributed by atoms with Crippen molar-refractivity contribution in [1.82, 2.24) is 9.88 Å². The highest BCUT2D eigenvalue weighted by Crippen LogP contribution is 2.34. The van der Waals surface area contributed by atoms with Crippen molar-refractivity contribution in [2.24, 2.45) is 0 Å². The largest absolute Gasteiger partial charge is 0.387 e. The van der Waals surface area contributed by atoms with Gasteiger partial charge < -0.3 is 15.3 Å². The summed E-state index contributed by atoms with van der Waals surface area (Å²) in [7, 11) is 0. The number of nitrogens with one attached hydrogen (secondary N) is 1. The molecule has 0 aliphatic heterocycles. The zero-order valence-corrected chi connectivity index (χ0v) is 18.2.